The number of alkyl halides is 1. The van der Waals surface area contributed by atoms with Crippen LogP contribution in [0.5, 0.6) is 0 Å². The van der Waals surface area contributed by atoms with Gasteiger partial charge in [0.2, 0.25) is 5.89 Å². The van der Waals surface area contributed by atoms with Crippen molar-refractivity contribution in [1.82, 2.24) is 10.1 Å². The first-order chi connectivity index (χ1) is 9.10. The van der Waals surface area contributed by atoms with Crippen LogP contribution in [0, 0.1) is 0 Å². The van der Waals surface area contributed by atoms with Gasteiger partial charge in [-0.2, -0.15) is 4.98 Å². The summed E-state index contributed by atoms with van der Waals surface area (Å²) in [4.78, 5) is 4.18. The van der Waals surface area contributed by atoms with Crippen molar-refractivity contribution in [1.29, 1.82) is 0 Å². The van der Waals surface area contributed by atoms with Gasteiger partial charge in [-0.1, -0.05) is 28.9 Å². The van der Waals surface area contributed by atoms with Gasteiger partial charge in [-0.05, 0) is 30.5 Å². The van der Waals surface area contributed by atoms with Gasteiger partial charge < -0.3 is 9.63 Å². The second kappa shape index (κ2) is 4.78. The summed E-state index contributed by atoms with van der Waals surface area (Å²) < 4.78 is 4.97. The van der Waals surface area contributed by atoms with Gasteiger partial charge in [0.15, 0.2) is 5.82 Å². The number of hydrogen-bond donors (Lipinski definition) is 1. The molecule has 1 aromatic heterocycles. The lowest BCUT2D eigenvalue weighted by Crippen LogP contribution is -2.40. The van der Waals surface area contributed by atoms with Crippen LogP contribution in [-0.4, -0.2) is 15.2 Å². The van der Waals surface area contributed by atoms with Gasteiger partial charge in [0.05, 0.1) is 5.60 Å². The van der Waals surface area contributed by atoms with Crippen molar-refractivity contribution in [3.63, 3.8) is 0 Å². The second-order valence-electron chi connectivity index (χ2n) is 4.82. The Hall–Kier alpha value is -1.10. The molecule has 1 aliphatic carbocycles. The Morgan fingerprint density at radius 3 is 2.58 bits per heavy atom. The molecule has 1 N–H and O–H groups in total. The Morgan fingerprint density at radius 1 is 1.32 bits per heavy atom. The summed E-state index contributed by atoms with van der Waals surface area (Å²) in [5.74, 6) is 1.36. The minimum atomic E-state index is -0.822. The quantitative estimate of drug-likeness (QED) is 0.884. The molecule has 0 spiro atoms. The average molecular weight is 299 g/mol. The van der Waals surface area contributed by atoms with Crippen LogP contribution in [0.2, 0.25) is 5.02 Å². The highest BCUT2D eigenvalue weighted by Gasteiger charge is 2.46. The Kier molecular flexibility index (Phi) is 3.25. The van der Waals surface area contributed by atoms with Gasteiger partial charge in [-0.3, -0.25) is 0 Å². The lowest BCUT2D eigenvalue weighted by molar-refractivity contribution is -0.0573. The average Bonchev–Trinajstić information content (AvgIpc) is 2.84. The zero-order valence-electron chi connectivity index (χ0n) is 10.0. The molecule has 0 radical (unpaired) electrons. The minimum Gasteiger partial charge on any atom is -0.385 e. The number of benzene rings is 1. The minimum absolute atomic E-state index is 0.112. The van der Waals surface area contributed by atoms with E-state index in [0.717, 1.165) is 5.56 Å². The zero-order chi connectivity index (χ0) is 13.5. The number of halogens is 2. The maximum atomic E-state index is 10.5. The van der Waals surface area contributed by atoms with Crippen LogP contribution < -0.4 is 0 Å². The van der Waals surface area contributed by atoms with E-state index in [-0.39, 0.29) is 11.8 Å². The van der Waals surface area contributed by atoms with Crippen LogP contribution in [0.25, 0.3) is 0 Å². The van der Waals surface area contributed by atoms with Gasteiger partial charge in [0.1, 0.15) is 5.88 Å². The van der Waals surface area contributed by atoms with E-state index in [1.807, 2.05) is 12.1 Å². The molecule has 4 nitrogen and oxygen atoms in total. The monoisotopic (exact) mass is 298 g/mol. The van der Waals surface area contributed by atoms with Gasteiger partial charge in [-0.15, -0.1) is 11.6 Å². The smallest absolute Gasteiger partial charge is 0.241 e. The van der Waals surface area contributed by atoms with Crippen molar-refractivity contribution in [3.05, 3.63) is 46.6 Å². The van der Waals surface area contributed by atoms with Gasteiger partial charge in [-0.25, -0.2) is 0 Å². The number of hydrogen-bond acceptors (Lipinski definition) is 4. The molecule has 100 valence electrons. The van der Waals surface area contributed by atoms with Crippen LogP contribution in [0.15, 0.2) is 28.8 Å². The number of aliphatic hydroxyl groups is 1. The highest BCUT2D eigenvalue weighted by Crippen LogP contribution is 2.50. The molecule has 0 unspecified atom stereocenters. The molecule has 1 heterocycles. The summed E-state index contributed by atoms with van der Waals surface area (Å²) in [7, 11) is 0. The Bertz CT molecular complexity index is 577. The summed E-state index contributed by atoms with van der Waals surface area (Å²) in [6.07, 6.45) is 1.16. The van der Waals surface area contributed by atoms with Crippen molar-refractivity contribution in [2.75, 3.05) is 0 Å². The maximum Gasteiger partial charge on any atom is 0.241 e. The van der Waals surface area contributed by atoms with Gasteiger partial charge in [0.25, 0.3) is 0 Å². The molecule has 1 aliphatic rings. The van der Waals surface area contributed by atoms with E-state index in [1.54, 1.807) is 12.1 Å². The molecule has 0 saturated heterocycles. The first-order valence-corrected chi connectivity index (χ1v) is 6.89. The van der Waals surface area contributed by atoms with Crippen molar-refractivity contribution in [3.8, 4) is 0 Å². The van der Waals surface area contributed by atoms with Crippen LogP contribution >= 0.6 is 23.2 Å². The summed E-state index contributed by atoms with van der Waals surface area (Å²) in [5, 5.41) is 15.1. The van der Waals surface area contributed by atoms with Crippen LogP contribution in [0.1, 0.15) is 36.0 Å². The molecule has 6 heteroatoms. The fourth-order valence-electron chi connectivity index (χ4n) is 2.42. The molecule has 1 fully saturated rings. The van der Waals surface area contributed by atoms with Crippen molar-refractivity contribution in [2.45, 2.75) is 30.2 Å². The highest BCUT2D eigenvalue weighted by atomic mass is 35.5. The van der Waals surface area contributed by atoms with Crippen LogP contribution in [0.4, 0.5) is 0 Å². The fraction of sp³-hybridized carbons (Fsp3) is 0.385. The molecule has 1 saturated carbocycles. The summed E-state index contributed by atoms with van der Waals surface area (Å²) in [6.45, 7) is 0. The number of aromatic nitrogens is 2. The van der Waals surface area contributed by atoms with Crippen molar-refractivity contribution < 1.29 is 9.63 Å². The molecule has 0 atom stereocenters. The van der Waals surface area contributed by atoms with E-state index in [2.05, 4.69) is 10.1 Å². The van der Waals surface area contributed by atoms with Crippen LogP contribution in [-0.2, 0) is 11.5 Å². The molecule has 1 aromatic carbocycles. The molecule has 0 bridgehead atoms. The van der Waals surface area contributed by atoms with Crippen molar-refractivity contribution >= 4 is 23.2 Å². The predicted molar refractivity (Wildman–Crippen MR) is 71.2 cm³/mol. The van der Waals surface area contributed by atoms with Crippen molar-refractivity contribution in [2.24, 2.45) is 0 Å². The molecular weight excluding hydrogens is 287 g/mol. The largest absolute Gasteiger partial charge is 0.385 e. The lowest BCUT2D eigenvalue weighted by atomic mass is 9.67. The third-order valence-electron chi connectivity index (χ3n) is 3.51. The number of nitrogens with zero attached hydrogens (tertiary/aromatic N) is 2. The summed E-state index contributed by atoms with van der Waals surface area (Å²) >= 11 is 11.5. The predicted octanol–water partition coefficient (Wildman–Crippen LogP) is 3.23. The first-order valence-electron chi connectivity index (χ1n) is 5.97. The molecule has 3 rings (SSSR count). The Morgan fingerprint density at radius 2 is 2.00 bits per heavy atom. The summed E-state index contributed by atoms with van der Waals surface area (Å²) in [5.41, 5.74) is 0.0472. The van der Waals surface area contributed by atoms with E-state index in [0.29, 0.717) is 29.6 Å². The van der Waals surface area contributed by atoms with E-state index < -0.39 is 5.60 Å². The normalized spacial score (nSPS) is 26.2. The van der Waals surface area contributed by atoms with Gasteiger partial charge >= 0.3 is 0 Å². The standard InChI is InChI=1S/C13H12Cl2N2O2/c14-7-11-16-12(17-19-11)8-5-13(18,6-8)9-1-3-10(15)4-2-9/h1-4,8,18H,5-7H2. The molecule has 19 heavy (non-hydrogen) atoms. The van der Waals surface area contributed by atoms with E-state index >= 15 is 0 Å². The molecule has 0 aliphatic heterocycles. The van der Waals surface area contributed by atoms with E-state index in [9.17, 15) is 5.11 Å². The Labute approximate surface area is 120 Å². The topological polar surface area (TPSA) is 59.2 Å². The molecular formula is C13H12Cl2N2O2. The number of rotatable bonds is 3. The van der Waals surface area contributed by atoms with E-state index in [1.165, 1.54) is 0 Å². The van der Waals surface area contributed by atoms with Gasteiger partial charge in [0, 0.05) is 10.9 Å². The highest BCUT2D eigenvalue weighted by molar-refractivity contribution is 6.30. The fourth-order valence-corrected chi connectivity index (χ4v) is 2.66. The lowest BCUT2D eigenvalue weighted by Gasteiger charge is -2.42. The second-order valence-corrected chi connectivity index (χ2v) is 5.53. The third kappa shape index (κ3) is 2.36. The SMILES string of the molecule is OC1(c2ccc(Cl)cc2)CC(c2noc(CCl)n2)C1. The molecule has 2 aromatic rings. The molecule has 0 amide bonds. The zero-order valence-corrected chi connectivity index (χ0v) is 11.5. The first kappa shape index (κ1) is 12.9. The summed E-state index contributed by atoms with van der Waals surface area (Å²) in [6, 6.07) is 7.25. The maximum absolute atomic E-state index is 10.5. The Balaban J connectivity index is 1.72. The third-order valence-corrected chi connectivity index (χ3v) is 3.99. The van der Waals surface area contributed by atoms with Crippen LogP contribution in [0.3, 0.4) is 0 Å². The van der Waals surface area contributed by atoms with E-state index in [4.69, 9.17) is 27.7 Å².